The number of hydrogen-bond acceptors (Lipinski definition) is 10. The number of benzene rings is 1. The number of pyridine rings is 1. The van der Waals surface area contributed by atoms with E-state index in [1.807, 2.05) is 18.2 Å². The maximum Gasteiger partial charge on any atom is 0.267 e. The molecule has 10 nitrogen and oxygen atoms in total. The molecule has 200 valence electrons. The number of aliphatic hydroxyl groups excluding tert-OH is 1. The van der Waals surface area contributed by atoms with Crippen LogP contribution in [0.1, 0.15) is 11.1 Å². The predicted octanol–water partition coefficient (Wildman–Crippen LogP) is 2.58. The summed E-state index contributed by atoms with van der Waals surface area (Å²) >= 11 is 6.65. The van der Waals surface area contributed by atoms with Gasteiger partial charge in [0, 0.05) is 19.3 Å². The lowest BCUT2D eigenvalue weighted by molar-refractivity contribution is -0.122. The van der Waals surface area contributed by atoms with E-state index in [2.05, 4.69) is 10.3 Å². The number of nitrogens with zero attached hydrogens (tertiary/aromatic N) is 3. The van der Waals surface area contributed by atoms with Crippen LogP contribution in [-0.4, -0.2) is 76.7 Å². The molecule has 1 saturated heterocycles. The number of methoxy groups -OCH3 is 2. The molecule has 0 radical (unpaired) electrons. The molecule has 0 saturated carbocycles. The molecular weight excluding hydrogens is 528 g/mol. The number of amides is 1. The molecule has 3 aromatic rings. The summed E-state index contributed by atoms with van der Waals surface area (Å²) < 4.78 is 17.8. The van der Waals surface area contributed by atoms with E-state index in [1.165, 1.54) is 9.30 Å². The standard InChI is InChI=1S/C26H28N4O6S2/c1-34-19-7-6-17(15-20(19)35-2)8-11-30-25(33)21(38-26(30)37)16-18-23(27-9-13-36-14-12-31)28-22-5-3-4-10-29(22)24(18)32/h3-7,10,15-16,27,31H,8-9,11-14H2,1-2H3/b21-16+. The lowest BCUT2D eigenvalue weighted by atomic mass is 10.1. The first-order valence-electron chi connectivity index (χ1n) is 11.9. The minimum atomic E-state index is -0.315. The average molecular weight is 557 g/mol. The number of fused-ring (bicyclic) bond motifs is 1. The number of thiocarbonyl (C=S) groups is 1. The van der Waals surface area contributed by atoms with Crippen LogP contribution in [0.2, 0.25) is 0 Å². The maximum absolute atomic E-state index is 13.4. The van der Waals surface area contributed by atoms with Crippen LogP contribution in [0, 0.1) is 0 Å². The number of anilines is 1. The second-order valence-corrected chi connectivity index (χ2v) is 9.82. The van der Waals surface area contributed by atoms with E-state index in [9.17, 15) is 9.59 Å². The first-order valence-corrected chi connectivity index (χ1v) is 13.1. The van der Waals surface area contributed by atoms with Crippen LogP contribution >= 0.6 is 24.0 Å². The third-order valence-corrected chi connectivity index (χ3v) is 7.14. The van der Waals surface area contributed by atoms with Gasteiger partial charge in [-0.2, -0.15) is 0 Å². The Bertz CT molecular complexity index is 1420. The highest BCUT2D eigenvalue weighted by Crippen LogP contribution is 2.34. The van der Waals surface area contributed by atoms with E-state index >= 15 is 0 Å². The van der Waals surface area contributed by atoms with E-state index in [4.69, 9.17) is 31.5 Å². The molecule has 0 bridgehead atoms. The van der Waals surface area contributed by atoms with Crippen LogP contribution < -0.4 is 20.3 Å². The summed E-state index contributed by atoms with van der Waals surface area (Å²) in [5, 5.41) is 12.0. The molecule has 38 heavy (non-hydrogen) atoms. The first kappa shape index (κ1) is 27.6. The summed E-state index contributed by atoms with van der Waals surface area (Å²) in [5.41, 5.74) is 1.37. The topological polar surface area (TPSA) is 115 Å². The van der Waals surface area contributed by atoms with Crippen molar-refractivity contribution in [2.75, 3.05) is 52.4 Å². The van der Waals surface area contributed by atoms with Gasteiger partial charge in [0.25, 0.3) is 11.5 Å². The Morgan fingerprint density at radius 2 is 1.95 bits per heavy atom. The number of ether oxygens (including phenoxy) is 3. The minimum Gasteiger partial charge on any atom is -0.493 e. The van der Waals surface area contributed by atoms with Crippen LogP contribution in [0.3, 0.4) is 0 Å². The Morgan fingerprint density at radius 3 is 2.71 bits per heavy atom. The van der Waals surface area contributed by atoms with Gasteiger partial charge in [0.2, 0.25) is 0 Å². The second-order valence-electron chi connectivity index (χ2n) is 8.14. The van der Waals surface area contributed by atoms with Crippen molar-refractivity contribution in [1.82, 2.24) is 14.3 Å². The fourth-order valence-corrected chi connectivity index (χ4v) is 5.17. The Hall–Kier alpha value is -3.45. The third-order valence-electron chi connectivity index (χ3n) is 5.76. The van der Waals surface area contributed by atoms with Gasteiger partial charge in [-0.25, -0.2) is 4.98 Å². The highest BCUT2D eigenvalue weighted by molar-refractivity contribution is 8.26. The van der Waals surface area contributed by atoms with Crippen molar-refractivity contribution in [3.63, 3.8) is 0 Å². The zero-order chi connectivity index (χ0) is 27.1. The van der Waals surface area contributed by atoms with Crippen LogP contribution in [0.15, 0.2) is 52.3 Å². The van der Waals surface area contributed by atoms with Gasteiger partial charge in [-0.15, -0.1) is 0 Å². The lowest BCUT2D eigenvalue weighted by Crippen LogP contribution is -2.30. The highest BCUT2D eigenvalue weighted by Gasteiger charge is 2.32. The molecule has 0 aliphatic carbocycles. The van der Waals surface area contributed by atoms with Crippen LogP contribution in [0.4, 0.5) is 5.82 Å². The van der Waals surface area contributed by atoms with Crippen molar-refractivity contribution in [2.24, 2.45) is 0 Å². The molecule has 2 aromatic heterocycles. The van der Waals surface area contributed by atoms with Crippen molar-refractivity contribution in [3.8, 4) is 11.5 Å². The highest BCUT2D eigenvalue weighted by atomic mass is 32.2. The monoisotopic (exact) mass is 556 g/mol. The molecule has 4 rings (SSSR count). The van der Waals surface area contributed by atoms with Gasteiger partial charge in [0.1, 0.15) is 15.8 Å². The third kappa shape index (κ3) is 6.16. The van der Waals surface area contributed by atoms with Crippen LogP contribution in [0.5, 0.6) is 11.5 Å². The van der Waals surface area contributed by atoms with Gasteiger partial charge in [-0.3, -0.25) is 18.9 Å². The van der Waals surface area contributed by atoms with Gasteiger partial charge in [-0.1, -0.05) is 36.1 Å². The van der Waals surface area contributed by atoms with Crippen molar-refractivity contribution < 1.29 is 24.1 Å². The summed E-state index contributed by atoms with van der Waals surface area (Å²) in [6.07, 6.45) is 3.73. The lowest BCUT2D eigenvalue weighted by Gasteiger charge is -2.15. The van der Waals surface area contributed by atoms with Gasteiger partial charge >= 0.3 is 0 Å². The number of nitrogens with one attached hydrogen (secondary N) is 1. The van der Waals surface area contributed by atoms with Crippen LogP contribution in [0.25, 0.3) is 11.7 Å². The fraction of sp³-hybridized carbons (Fsp3) is 0.308. The SMILES string of the molecule is COc1ccc(CCN2C(=O)/C(=C\c3c(NCCOCCO)nc4ccccn4c3=O)SC2=S)cc1OC. The molecule has 0 spiro atoms. The Morgan fingerprint density at radius 1 is 1.13 bits per heavy atom. The summed E-state index contributed by atoms with van der Waals surface area (Å²) in [6.45, 7) is 1.19. The molecule has 0 atom stereocenters. The zero-order valence-corrected chi connectivity index (χ0v) is 22.6. The molecule has 0 unspecified atom stereocenters. The number of rotatable bonds is 12. The van der Waals surface area contributed by atoms with E-state index in [0.717, 1.165) is 17.3 Å². The Kier molecular flexibility index (Phi) is 9.34. The molecule has 3 heterocycles. The van der Waals surface area contributed by atoms with E-state index in [0.29, 0.717) is 58.3 Å². The molecule has 1 aliphatic rings. The van der Waals surface area contributed by atoms with Crippen molar-refractivity contribution in [3.05, 3.63) is 69.0 Å². The summed E-state index contributed by atoms with van der Waals surface area (Å²) in [6, 6.07) is 10.9. The molecule has 2 N–H and O–H groups in total. The van der Waals surface area contributed by atoms with Gasteiger partial charge in [0.15, 0.2) is 11.5 Å². The minimum absolute atomic E-state index is 0.0747. The smallest absolute Gasteiger partial charge is 0.267 e. The second kappa shape index (κ2) is 12.9. The van der Waals surface area contributed by atoms with Gasteiger partial charge in [0.05, 0.1) is 44.5 Å². The Labute approximate surface area is 229 Å². The number of aliphatic hydroxyl groups is 1. The molecule has 1 aliphatic heterocycles. The van der Waals surface area contributed by atoms with Crippen LogP contribution in [-0.2, 0) is 16.0 Å². The summed E-state index contributed by atoms with van der Waals surface area (Å²) in [7, 11) is 3.15. The number of carbonyl (C=O) groups excluding carboxylic acids is 1. The molecule has 1 amide bonds. The fourth-order valence-electron chi connectivity index (χ4n) is 3.88. The molecule has 12 heteroatoms. The maximum atomic E-state index is 13.4. The quantitative estimate of drug-likeness (QED) is 0.196. The number of carbonyl (C=O) groups is 1. The molecular formula is C26H28N4O6S2. The largest absolute Gasteiger partial charge is 0.493 e. The van der Waals surface area contributed by atoms with E-state index in [1.54, 1.807) is 44.7 Å². The zero-order valence-electron chi connectivity index (χ0n) is 21.0. The molecule has 1 fully saturated rings. The average Bonchev–Trinajstić information content (AvgIpc) is 3.20. The van der Waals surface area contributed by atoms with Crippen molar-refractivity contribution in [2.45, 2.75) is 6.42 Å². The number of hydrogen-bond donors (Lipinski definition) is 2. The normalized spacial score (nSPS) is 14.5. The van der Waals surface area contributed by atoms with Crippen molar-refractivity contribution in [1.29, 1.82) is 0 Å². The van der Waals surface area contributed by atoms with Gasteiger partial charge in [-0.05, 0) is 42.3 Å². The number of aromatic nitrogens is 2. The summed E-state index contributed by atoms with van der Waals surface area (Å²) in [4.78, 5) is 33.1. The van der Waals surface area contributed by atoms with Gasteiger partial charge < -0.3 is 24.6 Å². The first-order chi connectivity index (χ1) is 18.5. The number of thioether (sulfide) groups is 1. The Balaban J connectivity index is 1.57. The van der Waals surface area contributed by atoms with E-state index < -0.39 is 0 Å². The predicted molar refractivity (Wildman–Crippen MR) is 151 cm³/mol. The summed E-state index contributed by atoms with van der Waals surface area (Å²) in [5.74, 6) is 1.31. The van der Waals surface area contributed by atoms with E-state index in [-0.39, 0.29) is 30.2 Å². The molecule has 1 aromatic carbocycles. The van der Waals surface area contributed by atoms with Crippen molar-refractivity contribution >= 4 is 51.7 Å².